The molecule has 0 bridgehead atoms. The summed E-state index contributed by atoms with van der Waals surface area (Å²) in [5, 5.41) is 0.176. The third-order valence-electron chi connectivity index (χ3n) is 10.2. The standard InChI is InChI=1S/C52H41N/c1-51(2)44-22-12-11-20-41(44)42-32-30-39(33-46(42)51)53(38-28-25-35(26-29-38)34-15-7-5-8-16-34)47-24-14-21-43-49-40(36-17-9-6-10-18-36)31-27-37-19-13-23-45(48(37)49)52(3,4)50(43)47/h5-33H,1-4H3/i5D,6D,7D,8D,9D,10D,11D,12D,15D,17D,18D,19D,20D,22D,23D,24D,25D,27D,28D,29D,30D,32D,33D. The number of nitrogens with zero attached hydrogens (tertiary/aromatic N) is 1. The Morgan fingerprint density at radius 2 is 1.19 bits per heavy atom. The van der Waals surface area contributed by atoms with E-state index in [9.17, 15) is 12.3 Å². The van der Waals surface area contributed by atoms with E-state index in [4.69, 9.17) is 19.2 Å². The van der Waals surface area contributed by atoms with Crippen molar-refractivity contribution in [3.63, 3.8) is 0 Å². The highest BCUT2D eigenvalue weighted by Gasteiger charge is 2.39. The van der Waals surface area contributed by atoms with Crippen LogP contribution in [0, 0.1) is 0 Å². The second-order valence-electron chi connectivity index (χ2n) is 13.9. The molecule has 2 aliphatic rings. The largest absolute Gasteiger partial charge is 0.310 e. The molecule has 0 fully saturated rings. The molecule has 0 amide bonds. The first-order chi connectivity index (χ1) is 35.3. The molecule has 0 N–H and O–H groups in total. The monoisotopic (exact) mass is 702 g/mol. The van der Waals surface area contributed by atoms with Gasteiger partial charge in [-0.25, -0.2) is 0 Å². The molecule has 10 rings (SSSR count). The summed E-state index contributed by atoms with van der Waals surface area (Å²) in [6.45, 7) is 6.47. The summed E-state index contributed by atoms with van der Waals surface area (Å²) in [5.74, 6) is 0. The normalized spacial score (nSPS) is 20.4. The van der Waals surface area contributed by atoms with Crippen LogP contribution in [0.1, 0.15) is 81.5 Å². The van der Waals surface area contributed by atoms with Crippen molar-refractivity contribution in [2.45, 2.75) is 38.5 Å². The maximum absolute atomic E-state index is 10.3. The molecule has 0 aromatic heterocycles. The topological polar surface area (TPSA) is 3.24 Å². The predicted molar refractivity (Wildman–Crippen MR) is 225 cm³/mol. The molecule has 0 saturated carbocycles. The van der Waals surface area contributed by atoms with Crippen LogP contribution in [0.15, 0.2) is 175 Å². The second-order valence-corrected chi connectivity index (χ2v) is 13.9. The molecule has 0 spiro atoms. The zero-order valence-corrected chi connectivity index (χ0v) is 28.9. The predicted octanol–water partition coefficient (Wildman–Crippen LogP) is 14.3. The van der Waals surface area contributed by atoms with E-state index in [1.165, 1.54) is 24.3 Å². The summed E-state index contributed by atoms with van der Waals surface area (Å²) in [7, 11) is 0. The van der Waals surface area contributed by atoms with Crippen LogP contribution < -0.4 is 4.90 Å². The molecule has 0 unspecified atom stereocenters. The van der Waals surface area contributed by atoms with E-state index >= 15 is 0 Å². The Bertz CT molecular complexity index is 4020. The minimum Gasteiger partial charge on any atom is -0.310 e. The molecule has 0 radical (unpaired) electrons. The van der Waals surface area contributed by atoms with Gasteiger partial charge < -0.3 is 4.90 Å². The number of hydrogen-bond acceptors (Lipinski definition) is 1. The molecule has 0 atom stereocenters. The van der Waals surface area contributed by atoms with Crippen LogP contribution in [0.2, 0.25) is 0 Å². The molecule has 0 aliphatic heterocycles. The van der Waals surface area contributed by atoms with E-state index in [0.717, 1.165) is 17.0 Å². The quantitative estimate of drug-likeness (QED) is 0.173. The number of benzene rings is 8. The number of hydrogen-bond donors (Lipinski definition) is 0. The second kappa shape index (κ2) is 11.7. The Balaban J connectivity index is 1.42. The highest BCUT2D eigenvalue weighted by Crippen LogP contribution is 2.57. The fraction of sp³-hybridized carbons (Fsp3) is 0.115. The lowest BCUT2D eigenvalue weighted by Crippen LogP contribution is -2.27. The fourth-order valence-electron chi connectivity index (χ4n) is 7.77. The van der Waals surface area contributed by atoms with Crippen molar-refractivity contribution >= 4 is 27.8 Å². The maximum atomic E-state index is 10.3. The highest BCUT2D eigenvalue weighted by molar-refractivity contribution is 6.10. The molecule has 2 aliphatic carbocycles. The van der Waals surface area contributed by atoms with Crippen molar-refractivity contribution in [2.75, 3.05) is 4.90 Å². The van der Waals surface area contributed by atoms with E-state index in [-0.39, 0.29) is 101 Å². The van der Waals surface area contributed by atoms with Gasteiger partial charge in [-0.05, 0) is 108 Å². The van der Waals surface area contributed by atoms with E-state index in [1.807, 2.05) is 0 Å². The SMILES string of the molecule is [2H]c1cc(-c2cc([2H])c(N(c3c([2H])c([2H])c4c(c3[2H])C(C)(C)c3c([2H])c([2H])c([2H])c([2H])c3-4)c3c([2H])ccc4c3C(C)(C)c3c([2H])cc([2H])c5c([2H])cc(-c6c([2H])c([2H])c([2H])c([2H])c6[2H])c-4c35)c([2H])c2[2H])c([2H])c([2H])c1[2H]. The zero-order valence-electron chi connectivity index (χ0n) is 51.9. The third kappa shape index (κ3) is 4.70. The average Bonchev–Trinajstić information content (AvgIpc) is 3.70. The number of rotatable bonds is 5. The zero-order chi connectivity index (χ0) is 55.9. The van der Waals surface area contributed by atoms with Gasteiger partial charge in [0.05, 0.1) is 37.2 Å². The Hall–Kier alpha value is -6.18. The maximum Gasteiger partial charge on any atom is 0.0648 e. The molecular formula is C52H41N. The van der Waals surface area contributed by atoms with Gasteiger partial charge in [-0.2, -0.15) is 0 Å². The number of anilines is 3. The number of fused-ring (bicyclic) bond motifs is 5. The summed E-state index contributed by atoms with van der Waals surface area (Å²) >= 11 is 0. The van der Waals surface area contributed by atoms with Crippen molar-refractivity contribution in [1.82, 2.24) is 0 Å². The summed E-state index contributed by atoms with van der Waals surface area (Å²) in [4.78, 5) is 1.04. The molecule has 0 saturated heterocycles. The first-order valence-corrected chi connectivity index (χ1v) is 16.9. The van der Waals surface area contributed by atoms with Crippen LogP contribution in [0.25, 0.3) is 55.3 Å². The fourth-order valence-corrected chi connectivity index (χ4v) is 7.77. The molecule has 53 heavy (non-hydrogen) atoms. The van der Waals surface area contributed by atoms with Gasteiger partial charge >= 0.3 is 0 Å². The first kappa shape index (κ1) is 15.8. The Morgan fingerprint density at radius 3 is 2.06 bits per heavy atom. The van der Waals surface area contributed by atoms with Gasteiger partial charge in [0, 0.05) is 22.2 Å². The third-order valence-corrected chi connectivity index (χ3v) is 10.2. The molecule has 8 aromatic carbocycles. The highest BCUT2D eigenvalue weighted by atomic mass is 15.1. The molecular weight excluding hydrogens is 639 g/mol. The minimum absolute atomic E-state index is 0.0287. The van der Waals surface area contributed by atoms with E-state index in [0.29, 0.717) is 0 Å². The van der Waals surface area contributed by atoms with Gasteiger partial charge in [0.15, 0.2) is 0 Å². The lowest BCUT2D eigenvalue weighted by atomic mass is 9.66. The van der Waals surface area contributed by atoms with Crippen molar-refractivity contribution in [3.05, 3.63) is 198 Å². The van der Waals surface area contributed by atoms with E-state index < -0.39 is 143 Å². The van der Waals surface area contributed by atoms with Crippen molar-refractivity contribution in [2.24, 2.45) is 0 Å². The van der Waals surface area contributed by atoms with E-state index in [2.05, 4.69) is 0 Å². The van der Waals surface area contributed by atoms with Crippen LogP contribution in [-0.2, 0) is 10.8 Å². The van der Waals surface area contributed by atoms with Crippen LogP contribution >= 0.6 is 0 Å². The van der Waals surface area contributed by atoms with Crippen molar-refractivity contribution in [3.8, 4) is 44.5 Å². The Morgan fingerprint density at radius 1 is 0.453 bits per heavy atom. The van der Waals surface area contributed by atoms with Gasteiger partial charge in [-0.15, -0.1) is 0 Å². The Labute approximate surface area is 345 Å². The lowest BCUT2D eigenvalue weighted by molar-refractivity contribution is 0.645. The van der Waals surface area contributed by atoms with Gasteiger partial charge in [-0.3, -0.25) is 0 Å². The van der Waals surface area contributed by atoms with Crippen molar-refractivity contribution < 1.29 is 31.5 Å². The van der Waals surface area contributed by atoms with Crippen molar-refractivity contribution in [1.29, 1.82) is 0 Å². The summed E-state index contributed by atoms with van der Waals surface area (Å²) in [5.41, 5.74) is -5.34. The summed E-state index contributed by atoms with van der Waals surface area (Å²) in [6, 6.07) is -5.85. The molecule has 254 valence electrons. The van der Waals surface area contributed by atoms with E-state index in [1.54, 1.807) is 27.7 Å². The minimum atomic E-state index is -1.57. The molecule has 1 heteroatoms. The molecule has 0 heterocycles. The van der Waals surface area contributed by atoms with Gasteiger partial charge in [0.2, 0.25) is 0 Å². The van der Waals surface area contributed by atoms with Crippen LogP contribution in [0.5, 0.6) is 0 Å². The van der Waals surface area contributed by atoms with Crippen LogP contribution in [0.3, 0.4) is 0 Å². The Kier molecular flexibility index (Phi) is 3.48. The molecule has 8 aromatic rings. The first-order valence-electron chi connectivity index (χ1n) is 28.4. The summed E-state index contributed by atoms with van der Waals surface area (Å²) < 4.78 is 210. The summed E-state index contributed by atoms with van der Waals surface area (Å²) in [6.07, 6.45) is 0. The van der Waals surface area contributed by atoms with Gasteiger partial charge in [0.25, 0.3) is 0 Å². The smallest absolute Gasteiger partial charge is 0.0648 e. The van der Waals surface area contributed by atoms with Crippen LogP contribution in [0.4, 0.5) is 17.1 Å². The molecule has 1 nitrogen and oxygen atoms in total. The average molecular weight is 703 g/mol. The lowest BCUT2D eigenvalue weighted by Gasteiger charge is -2.40. The van der Waals surface area contributed by atoms with Gasteiger partial charge in [-0.1, -0.05) is 173 Å². The van der Waals surface area contributed by atoms with Gasteiger partial charge in [0.1, 0.15) is 0 Å². The van der Waals surface area contributed by atoms with Crippen LogP contribution in [-0.4, -0.2) is 0 Å².